The fraction of sp³-hybridized carbons (Fsp3) is 0.625. The molecule has 0 radical (unpaired) electrons. The monoisotopic (exact) mass is 260 g/mol. The number of nitrogens with one attached hydrogen (secondary N) is 1. The first-order valence-corrected chi connectivity index (χ1v) is 7.38. The van der Waals surface area contributed by atoms with Crippen molar-refractivity contribution in [1.29, 1.82) is 0 Å². The third-order valence-corrected chi connectivity index (χ3v) is 4.37. The summed E-state index contributed by atoms with van der Waals surface area (Å²) in [5.41, 5.74) is 2.87. The van der Waals surface area contributed by atoms with Crippen LogP contribution in [-0.4, -0.2) is 43.3 Å². The number of aryl methyl sites for hydroxylation is 1. The molecule has 2 fully saturated rings. The number of morpholine rings is 1. The van der Waals surface area contributed by atoms with E-state index in [2.05, 4.69) is 41.4 Å². The van der Waals surface area contributed by atoms with Crippen molar-refractivity contribution in [1.82, 2.24) is 10.2 Å². The minimum Gasteiger partial charge on any atom is -0.372 e. The molecule has 3 rings (SSSR count). The van der Waals surface area contributed by atoms with Crippen LogP contribution in [0, 0.1) is 6.92 Å². The van der Waals surface area contributed by atoms with E-state index in [1.165, 1.54) is 11.1 Å². The van der Waals surface area contributed by atoms with Gasteiger partial charge >= 0.3 is 0 Å². The molecular weight excluding hydrogens is 236 g/mol. The van der Waals surface area contributed by atoms with E-state index < -0.39 is 0 Å². The second-order valence-electron chi connectivity index (χ2n) is 5.98. The summed E-state index contributed by atoms with van der Waals surface area (Å²) in [6, 6.07) is 8.91. The van der Waals surface area contributed by atoms with Crippen molar-refractivity contribution in [2.45, 2.75) is 31.9 Å². The zero-order valence-corrected chi connectivity index (χ0v) is 11.8. The summed E-state index contributed by atoms with van der Waals surface area (Å²) in [7, 11) is 0. The van der Waals surface area contributed by atoms with Gasteiger partial charge in [-0.25, -0.2) is 0 Å². The fourth-order valence-electron chi connectivity index (χ4n) is 3.19. The first-order valence-electron chi connectivity index (χ1n) is 7.38. The Bertz CT molecular complexity index is 404. The molecule has 0 amide bonds. The Balaban J connectivity index is 1.63. The molecule has 0 aliphatic carbocycles. The van der Waals surface area contributed by atoms with Crippen LogP contribution < -0.4 is 5.32 Å². The number of piperidine rings is 1. The Morgan fingerprint density at radius 1 is 1.21 bits per heavy atom. The maximum atomic E-state index is 6.11. The SMILES string of the molecule is Cc1ccc(CN2CCOC3(CCNCC3)C2)cc1. The molecule has 104 valence electrons. The highest BCUT2D eigenvalue weighted by atomic mass is 16.5. The maximum Gasteiger partial charge on any atom is 0.0833 e. The number of hydrogen-bond donors (Lipinski definition) is 1. The van der Waals surface area contributed by atoms with E-state index in [1.54, 1.807) is 0 Å². The van der Waals surface area contributed by atoms with Crippen LogP contribution in [0.1, 0.15) is 24.0 Å². The van der Waals surface area contributed by atoms with Crippen molar-refractivity contribution in [2.24, 2.45) is 0 Å². The summed E-state index contributed by atoms with van der Waals surface area (Å²) in [5.74, 6) is 0. The number of hydrogen-bond acceptors (Lipinski definition) is 3. The molecule has 3 heteroatoms. The Kier molecular flexibility index (Phi) is 3.87. The number of ether oxygens (including phenoxy) is 1. The number of nitrogens with zero attached hydrogens (tertiary/aromatic N) is 1. The molecule has 1 aromatic carbocycles. The molecule has 19 heavy (non-hydrogen) atoms. The van der Waals surface area contributed by atoms with E-state index in [4.69, 9.17) is 4.74 Å². The zero-order chi connectivity index (χ0) is 13.1. The van der Waals surface area contributed by atoms with Crippen LogP contribution in [0.2, 0.25) is 0 Å². The highest BCUT2D eigenvalue weighted by molar-refractivity contribution is 5.21. The lowest BCUT2D eigenvalue weighted by Crippen LogP contribution is -2.55. The second-order valence-corrected chi connectivity index (χ2v) is 5.98. The van der Waals surface area contributed by atoms with E-state index in [-0.39, 0.29) is 5.60 Å². The van der Waals surface area contributed by atoms with Crippen LogP contribution in [0.5, 0.6) is 0 Å². The van der Waals surface area contributed by atoms with Crippen molar-refractivity contribution in [3.8, 4) is 0 Å². The normalized spacial score (nSPS) is 23.6. The zero-order valence-electron chi connectivity index (χ0n) is 11.8. The van der Waals surface area contributed by atoms with Gasteiger partial charge in [0.15, 0.2) is 0 Å². The van der Waals surface area contributed by atoms with E-state index in [9.17, 15) is 0 Å². The molecule has 2 aliphatic heterocycles. The molecule has 1 aromatic rings. The fourth-order valence-corrected chi connectivity index (χ4v) is 3.19. The van der Waals surface area contributed by atoms with Gasteiger partial charge in [0.25, 0.3) is 0 Å². The van der Waals surface area contributed by atoms with Crippen molar-refractivity contribution in [3.63, 3.8) is 0 Å². The van der Waals surface area contributed by atoms with Crippen LogP contribution in [0.4, 0.5) is 0 Å². The van der Waals surface area contributed by atoms with Gasteiger partial charge in [-0.2, -0.15) is 0 Å². The van der Waals surface area contributed by atoms with Crippen molar-refractivity contribution in [3.05, 3.63) is 35.4 Å². The molecule has 1 N–H and O–H groups in total. The quantitative estimate of drug-likeness (QED) is 0.879. The minimum atomic E-state index is 0.119. The molecule has 2 aliphatic rings. The van der Waals surface area contributed by atoms with Crippen LogP contribution in [0.15, 0.2) is 24.3 Å². The van der Waals surface area contributed by atoms with Gasteiger partial charge in [0.2, 0.25) is 0 Å². The summed E-state index contributed by atoms with van der Waals surface area (Å²) in [6.07, 6.45) is 2.30. The van der Waals surface area contributed by atoms with Crippen molar-refractivity contribution < 1.29 is 4.74 Å². The molecule has 1 spiro atoms. The van der Waals surface area contributed by atoms with Crippen LogP contribution in [0.25, 0.3) is 0 Å². The van der Waals surface area contributed by atoms with E-state index in [1.807, 2.05) is 0 Å². The van der Waals surface area contributed by atoms with Gasteiger partial charge in [-0.15, -0.1) is 0 Å². The summed E-state index contributed by atoms with van der Waals surface area (Å²) in [6.45, 7) is 8.41. The third kappa shape index (κ3) is 3.16. The second kappa shape index (κ2) is 5.61. The number of rotatable bonds is 2. The Hall–Kier alpha value is -0.900. The van der Waals surface area contributed by atoms with Gasteiger partial charge < -0.3 is 10.1 Å². The topological polar surface area (TPSA) is 24.5 Å². The van der Waals surface area contributed by atoms with Gasteiger partial charge in [-0.1, -0.05) is 29.8 Å². The predicted molar refractivity (Wildman–Crippen MR) is 77.2 cm³/mol. The molecule has 0 bridgehead atoms. The summed E-state index contributed by atoms with van der Waals surface area (Å²) < 4.78 is 6.11. The average Bonchev–Trinajstić information content (AvgIpc) is 2.42. The maximum absolute atomic E-state index is 6.11. The summed E-state index contributed by atoms with van der Waals surface area (Å²) >= 11 is 0. The minimum absolute atomic E-state index is 0.119. The lowest BCUT2D eigenvalue weighted by molar-refractivity contribution is -0.125. The van der Waals surface area contributed by atoms with Gasteiger partial charge in [0, 0.05) is 19.6 Å². The molecule has 0 atom stereocenters. The molecule has 0 saturated carbocycles. The lowest BCUT2D eigenvalue weighted by Gasteiger charge is -2.45. The summed E-state index contributed by atoms with van der Waals surface area (Å²) in [5, 5.41) is 3.43. The molecule has 0 aromatic heterocycles. The molecule has 2 heterocycles. The first kappa shape index (κ1) is 13.1. The molecule has 0 unspecified atom stereocenters. The van der Waals surface area contributed by atoms with Gasteiger partial charge in [-0.05, 0) is 38.4 Å². The predicted octanol–water partition coefficient (Wildman–Crippen LogP) is 1.95. The standard InChI is InChI=1S/C16H24N2O/c1-14-2-4-15(5-3-14)12-18-10-11-19-16(13-18)6-8-17-9-7-16/h2-5,17H,6-13H2,1H3. The average molecular weight is 260 g/mol. The smallest absolute Gasteiger partial charge is 0.0833 e. The van der Waals surface area contributed by atoms with E-state index >= 15 is 0 Å². The Morgan fingerprint density at radius 2 is 1.95 bits per heavy atom. The third-order valence-electron chi connectivity index (χ3n) is 4.37. The first-order chi connectivity index (χ1) is 9.26. The highest BCUT2D eigenvalue weighted by Gasteiger charge is 2.37. The lowest BCUT2D eigenvalue weighted by atomic mass is 9.90. The van der Waals surface area contributed by atoms with E-state index in [0.717, 1.165) is 52.2 Å². The van der Waals surface area contributed by atoms with Crippen LogP contribution >= 0.6 is 0 Å². The van der Waals surface area contributed by atoms with Gasteiger partial charge in [0.05, 0.1) is 12.2 Å². The van der Waals surface area contributed by atoms with Gasteiger partial charge in [0.1, 0.15) is 0 Å². The molecule has 3 nitrogen and oxygen atoms in total. The van der Waals surface area contributed by atoms with Crippen LogP contribution in [-0.2, 0) is 11.3 Å². The van der Waals surface area contributed by atoms with Crippen molar-refractivity contribution >= 4 is 0 Å². The summed E-state index contributed by atoms with van der Waals surface area (Å²) in [4.78, 5) is 2.56. The van der Waals surface area contributed by atoms with Crippen LogP contribution in [0.3, 0.4) is 0 Å². The molecule has 2 saturated heterocycles. The Morgan fingerprint density at radius 3 is 2.68 bits per heavy atom. The largest absolute Gasteiger partial charge is 0.372 e. The number of benzene rings is 1. The van der Waals surface area contributed by atoms with Gasteiger partial charge in [-0.3, -0.25) is 4.90 Å². The molecular formula is C16H24N2O. The van der Waals surface area contributed by atoms with E-state index in [0.29, 0.717) is 0 Å². The van der Waals surface area contributed by atoms with Crippen molar-refractivity contribution in [2.75, 3.05) is 32.8 Å². The Labute approximate surface area is 115 Å². The highest BCUT2D eigenvalue weighted by Crippen LogP contribution is 2.28.